The zero-order valence-corrected chi connectivity index (χ0v) is 13.4. The SMILES string of the molecule is CCOc1ccc(-c2cc(-c3ccccc3)c(C#N)c(N)n2)cc1. The zero-order chi connectivity index (χ0) is 16.9. The molecule has 4 heteroatoms. The maximum atomic E-state index is 9.43. The van der Waals surface area contributed by atoms with E-state index in [1.54, 1.807) is 0 Å². The average molecular weight is 315 g/mol. The number of hydrogen-bond donors (Lipinski definition) is 1. The number of nitriles is 1. The number of pyridine rings is 1. The Bertz CT molecular complexity index is 881. The fourth-order valence-corrected chi connectivity index (χ4v) is 2.56. The highest BCUT2D eigenvalue weighted by molar-refractivity contribution is 5.80. The predicted molar refractivity (Wildman–Crippen MR) is 95.4 cm³/mol. The summed E-state index contributed by atoms with van der Waals surface area (Å²) in [6.45, 7) is 2.57. The van der Waals surface area contributed by atoms with E-state index in [1.807, 2.05) is 67.6 Å². The normalized spacial score (nSPS) is 10.2. The second-order valence-electron chi connectivity index (χ2n) is 5.25. The lowest BCUT2D eigenvalue weighted by molar-refractivity contribution is 0.340. The molecular formula is C20H17N3O. The van der Waals surface area contributed by atoms with E-state index < -0.39 is 0 Å². The summed E-state index contributed by atoms with van der Waals surface area (Å²) in [7, 11) is 0. The highest BCUT2D eigenvalue weighted by Crippen LogP contribution is 2.31. The van der Waals surface area contributed by atoms with E-state index >= 15 is 0 Å². The van der Waals surface area contributed by atoms with Crippen LogP contribution in [-0.4, -0.2) is 11.6 Å². The molecule has 118 valence electrons. The van der Waals surface area contributed by atoms with Crippen molar-refractivity contribution in [2.24, 2.45) is 0 Å². The van der Waals surface area contributed by atoms with Crippen molar-refractivity contribution in [3.05, 3.63) is 66.2 Å². The molecule has 0 radical (unpaired) electrons. The molecule has 1 heterocycles. The van der Waals surface area contributed by atoms with Gasteiger partial charge in [-0.05, 0) is 42.8 Å². The molecule has 0 aliphatic rings. The Hall–Kier alpha value is -3.32. The molecule has 24 heavy (non-hydrogen) atoms. The Morgan fingerprint density at radius 1 is 1.04 bits per heavy atom. The van der Waals surface area contributed by atoms with Crippen molar-refractivity contribution < 1.29 is 4.74 Å². The van der Waals surface area contributed by atoms with Gasteiger partial charge < -0.3 is 10.5 Å². The summed E-state index contributed by atoms with van der Waals surface area (Å²) in [5.74, 6) is 1.05. The molecule has 0 fully saturated rings. The highest BCUT2D eigenvalue weighted by Gasteiger charge is 2.13. The van der Waals surface area contributed by atoms with Gasteiger partial charge in [-0.2, -0.15) is 5.26 Å². The molecule has 0 amide bonds. The Labute approximate surface area is 141 Å². The Balaban J connectivity index is 2.10. The number of hydrogen-bond acceptors (Lipinski definition) is 4. The van der Waals surface area contributed by atoms with Gasteiger partial charge in [-0.3, -0.25) is 0 Å². The van der Waals surface area contributed by atoms with Gasteiger partial charge in [-0.25, -0.2) is 4.98 Å². The van der Waals surface area contributed by atoms with Crippen LogP contribution in [0.25, 0.3) is 22.4 Å². The van der Waals surface area contributed by atoms with E-state index in [2.05, 4.69) is 11.1 Å². The molecule has 0 spiro atoms. The summed E-state index contributed by atoms with van der Waals surface area (Å²) >= 11 is 0. The molecule has 1 aromatic heterocycles. The Morgan fingerprint density at radius 2 is 1.75 bits per heavy atom. The smallest absolute Gasteiger partial charge is 0.142 e. The van der Waals surface area contributed by atoms with Crippen molar-refractivity contribution in [1.82, 2.24) is 4.98 Å². The van der Waals surface area contributed by atoms with Crippen LogP contribution >= 0.6 is 0 Å². The summed E-state index contributed by atoms with van der Waals surface area (Å²) < 4.78 is 5.46. The lowest BCUT2D eigenvalue weighted by atomic mass is 9.98. The minimum atomic E-state index is 0.239. The first-order valence-electron chi connectivity index (χ1n) is 7.72. The van der Waals surface area contributed by atoms with Gasteiger partial charge in [0.1, 0.15) is 23.2 Å². The Morgan fingerprint density at radius 3 is 2.38 bits per heavy atom. The van der Waals surface area contributed by atoms with E-state index in [0.717, 1.165) is 28.1 Å². The van der Waals surface area contributed by atoms with Crippen LogP contribution in [0.15, 0.2) is 60.7 Å². The first kappa shape index (κ1) is 15.6. The van der Waals surface area contributed by atoms with Crippen molar-refractivity contribution in [2.45, 2.75) is 6.92 Å². The van der Waals surface area contributed by atoms with Crippen molar-refractivity contribution in [3.8, 4) is 34.2 Å². The van der Waals surface area contributed by atoms with Gasteiger partial charge in [0.05, 0.1) is 12.3 Å². The number of benzene rings is 2. The van der Waals surface area contributed by atoms with Gasteiger partial charge in [-0.15, -0.1) is 0 Å². The van der Waals surface area contributed by atoms with Crippen LogP contribution in [0.2, 0.25) is 0 Å². The molecule has 3 aromatic rings. The molecule has 0 saturated heterocycles. The molecule has 0 aliphatic heterocycles. The summed E-state index contributed by atoms with van der Waals surface area (Å²) in [6.07, 6.45) is 0. The van der Waals surface area contributed by atoms with Crippen LogP contribution in [0, 0.1) is 11.3 Å². The third kappa shape index (κ3) is 3.06. The quantitative estimate of drug-likeness (QED) is 0.780. The number of nitrogen functional groups attached to an aromatic ring is 1. The highest BCUT2D eigenvalue weighted by atomic mass is 16.5. The average Bonchev–Trinajstić information content (AvgIpc) is 2.63. The third-order valence-electron chi connectivity index (χ3n) is 3.71. The first-order valence-corrected chi connectivity index (χ1v) is 7.72. The predicted octanol–water partition coefficient (Wildman–Crippen LogP) is 4.27. The molecule has 0 atom stereocenters. The molecule has 4 nitrogen and oxygen atoms in total. The maximum Gasteiger partial charge on any atom is 0.142 e. The summed E-state index contributed by atoms with van der Waals surface area (Å²) in [4.78, 5) is 4.39. The molecule has 2 aromatic carbocycles. The molecule has 3 rings (SSSR count). The summed E-state index contributed by atoms with van der Waals surface area (Å²) in [5.41, 5.74) is 9.81. The molecule has 0 aliphatic carbocycles. The summed E-state index contributed by atoms with van der Waals surface area (Å²) in [6, 6.07) is 21.5. The Kier molecular flexibility index (Phi) is 4.44. The molecule has 0 bridgehead atoms. The van der Waals surface area contributed by atoms with Gasteiger partial charge in [-0.1, -0.05) is 30.3 Å². The number of anilines is 1. The fourth-order valence-electron chi connectivity index (χ4n) is 2.56. The van der Waals surface area contributed by atoms with Crippen molar-refractivity contribution in [3.63, 3.8) is 0 Å². The van der Waals surface area contributed by atoms with E-state index in [4.69, 9.17) is 10.5 Å². The number of rotatable bonds is 4. The number of nitrogens with two attached hydrogens (primary N) is 1. The monoisotopic (exact) mass is 315 g/mol. The first-order chi connectivity index (χ1) is 11.7. The minimum Gasteiger partial charge on any atom is -0.494 e. The molecule has 0 saturated carbocycles. The van der Waals surface area contributed by atoms with Crippen LogP contribution in [0.5, 0.6) is 5.75 Å². The maximum absolute atomic E-state index is 9.43. The number of nitrogens with zero attached hydrogens (tertiary/aromatic N) is 2. The van der Waals surface area contributed by atoms with E-state index in [1.165, 1.54) is 0 Å². The second-order valence-corrected chi connectivity index (χ2v) is 5.25. The molecule has 0 unspecified atom stereocenters. The van der Waals surface area contributed by atoms with Crippen LogP contribution in [0.4, 0.5) is 5.82 Å². The lowest BCUT2D eigenvalue weighted by Crippen LogP contribution is -1.99. The topological polar surface area (TPSA) is 71.9 Å². The van der Waals surface area contributed by atoms with E-state index in [0.29, 0.717) is 12.2 Å². The third-order valence-corrected chi connectivity index (χ3v) is 3.71. The van der Waals surface area contributed by atoms with Gasteiger partial charge >= 0.3 is 0 Å². The van der Waals surface area contributed by atoms with Crippen LogP contribution in [-0.2, 0) is 0 Å². The van der Waals surface area contributed by atoms with Gasteiger partial charge in [0.2, 0.25) is 0 Å². The lowest BCUT2D eigenvalue weighted by Gasteiger charge is -2.11. The largest absolute Gasteiger partial charge is 0.494 e. The number of aromatic nitrogens is 1. The molecular weight excluding hydrogens is 298 g/mol. The van der Waals surface area contributed by atoms with Gasteiger partial charge in [0.25, 0.3) is 0 Å². The van der Waals surface area contributed by atoms with Crippen molar-refractivity contribution in [1.29, 1.82) is 5.26 Å². The zero-order valence-electron chi connectivity index (χ0n) is 13.4. The van der Waals surface area contributed by atoms with E-state index in [-0.39, 0.29) is 5.82 Å². The van der Waals surface area contributed by atoms with E-state index in [9.17, 15) is 5.26 Å². The van der Waals surface area contributed by atoms with Crippen LogP contribution in [0.1, 0.15) is 12.5 Å². The molecule has 2 N–H and O–H groups in total. The van der Waals surface area contributed by atoms with Crippen molar-refractivity contribution in [2.75, 3.05) is 12.3 Å². The van der Waals surface area contributed by atoms with Gasteiger partial charge in [0, 0.05) is 11.1 Å². The second kappa shape index (κ2) is 6.84. The standard InChI is InChI=1S/C20H17N3O/c1-2-24-16-10-8-15(9-11-16)19-12-17(14-6-4-3-5-7-14)18(13-21)20(22)23-19/h3-12H,2H2,1H3,(H2,22,23). The fraction of sp³-hybridized carbons (Fsp3) is 0.100. The minimum absolute atomic E-state index is 0.239. The van der Waals surface area contributed by atoms with Crippen molar-refractivity contribution >= 4 is 5.82 Å². The van der Waals surface area contributed by atoms with Gasteiger partial charge in [0.15, 0.2) is 0 Å². The summed E-state index contributed by atoms with van der Waals surface area (Å²) in [5, 5.41) is 9.43. The number of ether oxygens (including phenoxy) is 1. The van der Waals surface area contributed by atoms with Crippen LogP contribution < -0.4 is 10.5 Å². The van der Waals surface area contributed by atoms with Crippen LogP contribution in [0.3, 0.4) is 0 Å².